The maximum atomic E-state index is 12.2. The molecule has 0 spiro atoms. The number of nitrogens with zero attached hydrogens (tertiary/aromatic N) is 2. The molecule has 3 aromatic rings. The number of carbonyl (C=O) groups is 2. The van der Waals surface area contributed by atoms with Crippen molar-refractivity contribution in [3.05, 3.63) is 45.6 Å². The second-order valence-corrected chi connectivity index (χ2v) is 7.89. The molecular weight excluding hydrogens is 434 g/mol. The Balaban J connectivity index is 1.62. The molecule has 138 valence electrons. The van der Waals surface area contributed by atoms with Crippen molar-refractivity contribution in [2.45, 2.75) is 6.92 Å². The SMILES string of the molecule is Cc1sc(NC(=O)c2ccc(Br)o2)nc1-c1ccc2c(c1)N(C)C(=O)CO2. The van der Waals surface area contributed by atoms with Gasteiger partial charge in [0.15, 0.2) is 22.2 Å². The molecule has 1 aliphatic heterocycles. The van der Waals surface area contributed by atoms with Crippen LogP contribution >= 0.6 is 27.3 Å². The Labute approximate surface area is 167 Å². The zero-order valence-electron chi connectivity index (χ0n) is 14.4. The Bertz CT molecular complexity index is 1060. The molecule has 0 unspecified atom stereocenters. The zero-order chi connectivity index (χ0) is 19.1. The number of halogens is 1. The number of carbonyl (C=O) groups excluding carboxylic acids is 2. The van der Waals surface area contributed by atoms with Crippen molar-refractivity contribution in [1.82, 2.24) is 4.98 Å². The zero-order valence-corrected chi connectivity index (χ0v) is 16.8. The van der Waals surface area contributed by atoms with Crippen molar-refractivity contribution in [3.63, 3.8) is 0 Å². The molecular formula is C18H14BrN3O4S. The number of aromatic nitrogens is 1. The number of nitrogens with one attached hydrogen (secondary N) is 1. The van der Waals surface area contributed by atoms with Crippen LogP contribution in [0.1, 0.15) is 15.4 Å². The van der Waals surface area contributed by atoms with E-state index in [0.29, 0.717) is 21.2 Å². The first kappa shape index (κ1) is 17.7. The number of likely N-dealkylation sites (N-methyl/N-ethyl adjacent to an activating group) is 1. The predicted molar refractivity (Wildman–Crippen MR) is 106 cm³/mol. The number of aryl methyl sites for hydroxylation is 1. The Morgan fingerprint density at radius 2 is 2.15 bits per heavy atom. The smallest absolute Gasteiger partial charge is 0.293 e. The number of thiazole rings is 1. The van der Waals surface area contributed by atoms with Crippen LogP contribution in [0.2, 0.25) is 0 Å². The predicted octanol–water partition coefficient (Wildman–Crippen LogP) is 4.08. The molecule has 3 heterocycles. The number of anilines is 2. The van der Waals surface area contributed by atoms with Crippen LogP contribution in [0, 0.1) is 6.92 Å². The van der Waals surface area contributed by atoms with Gasteiger partial charge in [-0.25, -0.2) is 4.98 Å². The normalized spacial score (nSPS) is 13.3. The van der Waals surface area contributed by atoms with Crippen molar-refractivity contribution in [2.75, 3.05) is 23.9 Å². The van der Waals surface area contributed by atoms with Gasteiger partial charge in [-0.2, -0.15) is 0 Å². The van der Waals surface area contributed by atoms with Crippen LogP contribution in [-0.2, 0) is 4.79 Å². The van der Waals surface area contributed by atoms with E-state index in [1.165, 1.54) is 11.3 Å². The fraction of sp³-hybridized carbons (Fsp3) is 0.167. The number of hydrogen-bond donors (Lipinski definition) is 1. The highest BCUT2D eigenvalue weighted by molar-refractivity contribution is 9.10. The van der Waals surface area contributed by atoms with Gasteiger partial charge in [-0.05, 0) is 53.2 Å². The lowest BCUT2D eigenvalue weighted by Crippen LogP contribution is -2.35. The van der Waals surface area contributed by atoms with Gasteiger partial charge >= 0.3 is 0 Å². The summed E-state index contributed by atoms with van der Waals surface area (Å²) in [4.78, 5) is 31.1. The van der Waals surface area contributed by atoms with Crippen molar-refractivity contribution in [1.29, 1.82) is 0 Å². The van der Waals surface area contributed by atoms with E-state index in [9.17, 15) is 9.59 Å². The van der Waals surface area contributed by atoms with Crippen molar-refractivity contribution < 1.29 is 18.7 Å². The molecule has 0 saturated heterocycles. The van der Waals surface area contributed by atoms with Gasteiger partial charge in [-0.1, -0.05) is 0 Å². The summed E-state index contributed by atoms with van der Waals surface area (Å²) in [6.45, 7) is 1.97. The first-order valence-corrected chi connectivity index (χ1v) is 9.61. The summed E-state index contributed by atoms with van der Waals surface area (Å²) in [6.07, 6.45) is 0. The Morgan fingerprint density at radius 3 is 2.89 bits per heavy atom. The summed E-state index contributed by atoms with van der Waals surface area (Å²) >= 11 is 4.54. The van der Waals surface area contributed by atoms with Gasteiger partial charge in [0.1, 0.15) is 5.75 Å². The van der Waals surface area contributed by atoms with Crippen molar-refractivity contribution in [2.24, 2.45) is 0 Å². The number of hydrogen-bond acceptors (Lipinski definition) is 6. The third kappa shape index (κ3) is 3.35. The fourth-order valence-electron chi connectivity index (χ4n) is 2.73. The van der Waals surface area contributed by atoms with Gasteiger partial charge in [-0.3, -0.25) is 14.9 Å². The van der Waals surface area contributed by atoms with E-state index < -0.39 is 0 Å². The Kier molecular flexibility index (Phi) is 4.48. The van der Waals surface area contributed by atoms with E-state index in [2.05, 4.69) is 26.2 Å². The molecule has 0 radical (unpaired) electrons. The Hall–Kier alpha value is -2.65. The quantitative estimate of drug-likeness (QED) is 0.653. The Morgan fingerprint density at radius 1 is 1.33 bits per heavy atom. The van der Waals surface area contributed by atoms with Crippen LogP contribution < -0.4 is 15.0 Å². The summed E-state index contributed by atoms with van der Waals surface area (Å²) in [7, 11) is 1.72. The van der Waals surface area contributed by atoms with Crippen LogP contribution in [0.25, 0.3) is 11.3 Å². The summed E-state index contributed by atoms with van der Waals surface area (Å²) in [5.41, 5.74) is 2.28. The molecule has 0 atom stereocenters. The van der Waals surface area contributed by atoms with Crippen LogP contribution in [0.15, 0.2) is 39.4 Å². The molecule has 1 aliphatic rings. The molecule has 9 heteroatoms. The summed E-state index contributed by atoms with van der Waals surface area (Å²) in [5.74, 6) is 0.380. The molecule has 0 saturated carbocycles. The molecule has 0 bridgehead atoms. The third-order valence-corrected chi connectivity index (χ3v) is 5.45. The summed E-state index contributed by atoms with van der Waals surface area (Å²) < 4.78 is 11.2. The molecule has 27 heavy (non-hydrogen) atoms. The van der Waals surface area contributed by atoms with E-state index in [4.69, 9.17) is 9.15 Å². The minimum Gasteiger partial charge on any atom is -0.482 e. The average Bonchev–Trinajstić information content (AvgIpc) is 3.24. The second kappa shape index (κ2) is 6.82. The molecule has 1 aromatic carbocycles. The van der Waals surface area contributed by atoms with E-state index >= 15 is 0 Å². The topological polar surface area (TPSA) is 84.7 Å². The lowest BCUT2D eigenvalue weighted by atomic mass is 10.1. The number of ether oxygens (including phenoxy) is 1. The van der Waals surface area contributed by atoms with Gasteiger partial charge in [0.05, 0.1) is 11.4 Å². The maximum absolute atomic E-state index is 12.2. The highest BCUT2D eigenvalue weighted by atomic mass is 79.9. The number of benzene rings is 1. The standard InChI is InChI=1S/C18H14BrN3O4S/c1-9-16(10-3-4-12-11(7-10)22(2)15(23)8-25-12)20-18(27-9)21-17(24)13-5-6-14(19)26-13/h3-7H,8H2,1-2H3,(H,20,21,24). The van der Waals surface area contributed by atoms with Gasteiger partial charge in [0.2, 0.25) is 0 Å². The highest BCUT2D eigenvalue weighted by Crippen LogP contribution is 2.37. The highest BCUT2D eigenvalue weighted by Gasteiger charge is 2.23. The minimum absolute atomic E-state index is 0.0393. The lowest BCUT2D eigenvalue weighted by molar-refractivity contribution is -0.120. The van der Waals surface area contributed by atoms with Gasteiger partial charge < -0.3 is 14.1 Å². The summed E-state index contributed by atoms with van der Waals surface area (Å²) in [5, 5.41) is 3.22. The monoisotopic (exact) mass is 447 g/mol. The first-order valence-electron chi connectivity index (χ1n) is 8.00. The van der Waals surface area contributed by atoms with Crippen LogP contribution in [0.5, 0.6) is 5.75 Å². The molecule has 7 nitrogen and oxygen atoms in total. The molecule has 1 N–H and O–H groups in total. The number of rotatable bonds is 3. The van der Waals surface area contributed by atoms with Gasteiger partial charge in [0.25, 0.3) is 11.8 Å². The van der Waals surface area contributed by atoms with Crippen LogP contribution in [0.4, 0.5) is 10.8 Å². The molecule has 0 aliphatic carbocycles. The first-order chi connectivity index (χ1) is 12.9. The van der Waals surface area contributed by atoms with E-state index in [1.807, 2.05) is 25.1 Å². The molecule has 2 amide bonds. The van der Waals surface area contributed by atoms with Gasteiger partial charge in [-0.15, -0.1) is 11.3 Å². The third-order valence-electron chi connectivity index (χ3n) is 4.13. The molecule has 0 fully saturated rings. The van der Waals surface area contributed by atoms with Crippen molar-refractivity contribution >= 4 is 49.9 Å². The van der Waals surface area contributed by atoms with Crippen molar-refractivity contribution in [3.8, 4) is 17.0 Å². The number of fused-ring (bicyclic) bond motifs is 1. The van der Waals surface area contributed by atoms with Gasteiger partial charge in [0, 0.05) is 17.5 Å². The fourth-order valence-corrected chi connectivity index (χ4v) is 3.87. The average molecular weight is 448 g/mol. The number of furan rings is 1. The minimum atomic E-state index is -0.370. The summed E-state index contributed by atoms with van der Waals surface area (Å²) in [6, 6.07) is 8.81. The molecule has 2 aromatic heterocycles. The van der Waals surface area contributed by atoms with E-state index in [1.54, 1.807) is 24.1 Å². The van der Waals surface area contributed by atoms with Crippen LogP contribution in [0.3, 0.4) is 0 Å². The van der Waals surface area contributed by atoms with E-state index in [-0.39, 0.29) is 24.2 Å². The molecule has 4 rings (SSSR count). The lowest BCUT2D eigenvalue weighted by Gasteiger charge is -2.26. The largest absolute Gasteiger partial charge is 0.482 e. The number of amides is 2. The second-order valence-electron chi connectivity index (χ2n) is 5.91. The van der Waals surface area contributed by atoms with Crippen LogP contribution in [-0.4, -0.2) is 30.5 Å². The maximum Gasteiger partial charge on any atom is 0.293 e. The van der Waals surface area contributed by atoms with E-state index in [0.717, 1.165) is 16.1 Å².